The Bertz CT molecular complexity index is 854. The maximum Gasteiger partial charge on any atom is 0.217 e. The molecule has 3 rings (SSSR count). The molecule has 1 aromatic heterocycles. The topological polar surface area (TPSA) is 60.5 Å². The average Bonchev–Trinajstić information content (AvgIpc) is 2.59. The van der Waals surface area contributed by atoms with Gasteiger partial charge in [0, 0.05) is 38.0 Å². The first kappa shape index (κ1) is 16.6. The van der Waals surface area contributed by atoms with Crippen LogP contribution in [-0.2, 0) is 0 Å². The number of nitrogens with one attached hydrogen (secondary N) is 2. The SMILES string of the molecule is CCC(C)=Nc1c(N2CCNCC2)[nH]c2cc(F)c(F)cc2c1=O. The molecular weight excluding hydrogens is 314 g/mol. The largest absolute Gasteiger partial charge is 0.354 e. The Hall–Kier alpha value is -2.28. The van der Waals surface area contributed by atoms with Crippen molar-refractivity contribution in [3.8, 4) is 0 Å². The Balaban J connectivity index is 2.28. The summed E-state index contributed by atoms with van der Waals surface area (Å²) >= 11 is 0. The van der Waals surface area contributed by atoms with E-state index in [1.165, 1.54) is 0 Å². The van der Waals surface area contributed by atoms with Gasteiger partial charge in [0.05, 0.1) is 10.9 Å². The van der Waals surface area contributed by atoms with E-state index in [0.29, 0.717) is 25.3 Å². The molecule has 1 fully saturated rings. The summed E-state index contributed by atoms with van der Waals surface area (Å²) in [7, 11) is 0. The lowest BCUT2D eigenvalue weighted by Crippen LogP contribution is -2.44. The number of pyridine rings is 1. The third-order valence-electron chi connectivity index (χ3n) is 4.25. The highest BCUT2D eigenvalue weighted by atomic mass is 19.2. The molecule has 0 aliphatic carbocycles. The number of fused-ring (bicyclic) bond motifs is 1. The van der Waals surface area contributed by atoms with Crippen LogP contribution in [0.4, 0.5) is 20.3 Å². The van der Waals surface area contributed by atoms with Gasteiger partial charge in [-0.05, 0) is 19.4 Å². The summed E-state index contributed by atoms with van der Waals surface area (Å²) in [6, 6.07) is 1.96. The molecule has 24 heavy (non-hydrogen) atoms. The van der Waals surface area contributed by atoms with Crippen LogP contribution in [0.1, 0.15) is 20.3 Å². The van der Waals surface area contributed by atoms with E-state index in [0.717, 1.165) is 30.9 Å². The molecule has 0 atom stereocenters. The Kier molecular flexibility index (Phi) is 4.62. The summed E-state index contributed by atoms with van der Waals surface area (Å²) in [4.78, 5) is 22.4. The van der Waals surface area contributed by atoms with Crippen molar-refractivity contribution < 1.29 is 8.78 Å². The fourth-order valence-corrected chi connectivity index (χ4v) is 2.75. The fraction of sp³-hybridized carbons (Fsp3) is 0.412. The van der Waals surface area contributed by atoms with Crippen LogP contribution in [-0.4, -0.2) is 36.9 Å². The zero-order valence-corrected chi connectivity index (χ0v) is 13.7. The minimum Gasteiger partial charge on any atom is -0.354 e. The van der Waals surface area contributed by atoms with Crippen LogP contribution in [0, 0.1) is 11.6 Å². The van der Waals surface area contributed by atoms with Crippen LogP contribution in [0.15, 0.2) is 21.9 Å². The van der Waals surface area contributed by atoms with Crippen LogP contribution >= 0.6 is 0 Å². The summed E-state index contributed by atoms with van der Waals surface area (Å²) < 4.78 is 27.1. The number of aliphatic imine (C=N–C) groups is 1. The fourth-order valence-electron chi connectivity index (χ4n) is 2.75. The minimum absolute atomic E-state index is 0.107. The lowest BCUT2D eigenvalue weighted by Gasteiger charge is -2.30. The molecule has 0 bridgehead atoms. The molecule has 2 aromatic rings. The number of hydrogen-bond acceptors (Lipinski definition) is 4. The Morgan fingerprint density at radius 2 is 1.92 bits per heavy atom. The van der Waals surface area contributed by atoms with E-state index in [9.17, 15) is 13.6 Å². The number of rotatable bonds is 3. The number of benzene rings is 1. The van der Waals surface area contributed by atoms with Gasteiger partial charge in [-0.25, -0.2) is 8.78 Å². The smallest absolute Gasteiger partial charge is 0.217 e. The van der Waals surface area contributed by atoms with Crippen molar-refractivity contribution in [3.05, 3.63) is 34.0 Å². The highest BCUT2D eigenvalue weighted by Gasteiger charge is 2.20. The van der Waals surface area contributed by atoms with E-state index >= 15 is 0 Å². The molecular formula is C17H20F2N4O. The molecule has 128 valence electrons. The Labute approximate surface area is 138 Å². The molecule has 1 aromatic carbocycles. The quantitative estimate of drug-likeness (QED) is 0.849. The first-order chi connectivity index (χ1) is 11.5. The van der Waals surface area contributed by atoms with Gasteiger partial charge in [0.1, 0.15) is 5.82 Å². The number of H-pyrrole nitrogens is 1. The van der Waals surface area contributed by atoms with Gasteiger partial charge in [0.15, 0.2) is 17.3 Å². The van der Waals surface area contributed by atoms with E-state index in [4.69, 9.17) is 0 Å². The molecule has 1 aliphatic heterocycles. The lowest BCUT2D eigenvalue weighted by atomic mass is 10.1. The molecule has 0 saturated carbocycles. The van der Waals surface area contributed by atoms with Crippen molar-refractivity contribution in [2.24, 2.45) is 4.99 Å². The van der Waals surface area contributed by atoms with E-state index in [-0.39, 0.29) is 22.0 Å². The van der Waals surface area contributed by atoms with Crippen molar-refractivity contribution in [1.82, 2.24) is 10.3 Å². The number of piperazine rings is 1. The summed E-state index contributed by atoms with van der Waals surface area (Å²) in [6.07, 6.45) is 0.705. The van der Waals surface area contributed by atoms with Gasteiger partial charge < -0.3 is 15.2 Å². The predicted octanol–water partition coefficient (Wildman–Crippen LogP) is 2.72. The van der Waals surface area contributed by atoms with Crippen molar-refractivity contribution >= 4 is 28.1 Å². The summed E-state index contributed by atoms with van der Waals surface area (Å²) in [6.45, 7) is 6.78. The molecule has 0 unspecified atom stereocenters. The standard InChI is InChI=1S/C17H20F2N4O/c1-3-10(2)21-15-16(24)11-8-12(18)13(19)9-14(11)22-17(15)23-6-4-20-5-7-23/h8-9,20H,3-7H2,1-2H3,(H,22,24). The van der Waals surface area contributed by atoms with E-state index < -0.39 is 11.6 Å². The zero-order valence-electron chi connectivity index (χ0n) is 13.7. The summed E-state index contributed by atoms with van der Waals surface area (Å²) in [5, 5.41) is 3.35. The second-order valence-electron chi connectivity index (χ2n) is 5.90. The zero-order chi connectivity index (χ0) is 17.3. The van der Waals surface area contributed by atoms with Gasteiger partial charge in [-0.3, -0.25) is 9.79 Å². The monoisotopic (exact) mass is 334 g/mol. The third-order valence-corrected chi connectivity index (χ3v) is 4.25. The van der Waals surface area contributed by atoms with Crippen LogP contribution < -0.4 is 15.6 Å². The number of nitrogens with zero attached hydrogens (tertiary/aromatic N) is 2. The predicted molar refractivity (Wildman–Crippen MR) is 92.6 cm³/mol. The van der Waals surface area contributed by atoms with Gasteiger partial charge in [-0.1, -0.05) is 6.92 Å². The molecule has 7 heteroatoms. The molecule has 1 aliphatic rings. The first-order valence-electron chi connectivity index (χ1n) is 8.06. The third kappa shape index (κ3) is 3.03. The van der Waals surface area contributed by atoms with Gasteiger partial charge in [-0.15, -0.1) is 0 Å². The highest BCUT2D eigenvalue weighted by molar-refractivity contribution is 5.90. The number of hydrogen-bond donors (Lipinski definition) is 2. The molecule has 0 spiro atoms. The Morgan fingerprint density at radius 3 is 2.58 bits per heavy atom. The number of halogens is 2. The molecule has 0 radical (unpaired) electrons. The summed E-state index contributed by atoms with van der Waals surface area (Å²) in [5.74, 6) is -1.46. The number of aromatic nitrogens is 1. The number of aromatic amines is 1. The van der Waals surface area contributed by atoms with Crippen molar-refractivity contribution in [1.29, 1.82) is 0 Å². The average molecular weight is 334 g/mol. The minimum atomic E-state index is -1.04. The van der Waals surface area contributed by atoms with E-state index in [2.05, 4.69) is 15.3 Å². The molecule has 2 heterocycles. The Morgan fingerprint density at radius 1 is 1.25 bits per heavy atom. The van der Waals surface area contributed by atoms with E-state index in [1.807, 2.05) is 18.7 Å². The molecule has 5 nitrogen and oxygen atoms in total. The molecule has 2 N–H and O–H groups in total. The molecule has 1 saturated heterocycles. The van der Waals surface area contributed by atoms with E-state index in [1.54, 1.807) is 0 Å². The second-order valence-corrected chi connectivity index (χ2v) is 5.90. The van der Waals surface area contributed by atoms with Crippen LogP contribution in [0.25, 0.3) is 10.9 Å². The molecule has 0 amide bonds. The van der Waals surface area contributed by atoms with Crippen LogP contribution in [0.3, 0.4) is 0 Å². The van der Waals surface area contributed by atoms with Crippen LogP contribution in [0.2, 0.25) is 0 Å². The second kappa shape index (κ2) is 6.68. The maximum absolute atomic E-state index is 13.6. The van der Waals surface area contributed by atoms with Gasteiger partial charge >= 0.3 is 0 Å². The van der Waals surface area contributed by atoms with Gasteiger partial charge in [-0.2, -0.15) is 0 Å². The van der Waals surface area contributed by atoms with Gasteiger partial charge in [0.2, 0.25) is 5.43 Å². The highest BCUT2D eigenvalue weighted by Crippen LogP contribution is 2.27. The van der Waals surface area contributed by atoms with Crippen LogP contribution in [0.5, 0.6) is 0 Å². The maximum atomic E-state index is 13.6. The normalized spacial score (nSPS) is 16.0. The van der Waals surface area contributed by atoms with Gasteiger partial charge in [0.25, 0.3) is 0 Å². The van der Waals surface area contributed by atoms with Crippen molar-refractivity contribution in [2.45, 2.75) is 20.3 Å². The first-order valence-corrected chi connectivity index (χ1v) is 8.06. The summed E-state index contributed by atoms with van der Waals surface area (Å²) in [5.41, 5.74) is 0.957. The lowest BCUT2D eigenvalue weighted by molar-refractivity contribution is 0.510. The van der Waals surface area contributed by atoms with Crippen molar-refractivity contribution in [3.63, 3.8) is 0 Å². The van der Waals surface area contributed by atoms with Crippen molar-refractivity contribution in [2.75, 3.05) is 31.1 Å². The number of anilines is 1.